The van der Waals surface area contributed by atoms with Crippen LogP contribution in [-0.4, -0.2) is 25.3 Å². The molecular formula is C13H17ClINO. The summed E-state index contributed by atoms with van der Waals surface area (Å²) in [5, 5.41) is 4.21. The van der Waals surface area contributed by atoms with E-state index in [4.69, 9.17) is 16.3 Å². The van der Waals surface area contributed by atoms with Crippen LogP contribution >= 0.6 is 34.2 Å². The van der Waals surface area contributed by atoms with Gasteiger partial charge in [0.25, 0.3) is 0 Å². The van der Waals surface area contributed by atoms with E-state index in [9.17, 15) is 0 Å². The first kappa shape index (κ1) is 13.6. The van der Waals surface area contributed by atoms with Gasteiger partial charge in [-0.1, -0.05) is 11.6 Å². The Morgan fingerprint density at radius 1 is 1.47 bits per heavy atom. The first-order chi connectivity index (χ1) is 8.06. The number of morpholine rings is 1. The highest BCUT2D eigenvalue weighted by Crippen LogP contribution is 2.24. The maximum absolute atomic E-state index is 6.04. The SMILES string of the molecule is Cc1cc(Cl)cc(I)c1CC1CNC[C@H](C)O1. The molecular weight excluding hydrogens is 349 g/mol. The Morgan fingerprint density at radius 2 is 2.24 bits per heavy atom. The first-order valence-corrected chi connectivity index (χ1v) is 7.32. The van der Waals surface area contributed by atoms with E-state index in [1.807, 2.05) is 12.1 Å². The molecule has 2 nitrogen and oxygen atoms in total. The normalized spacial score (nSPS) is 24.9. The van der Waals surface area contributed by atoms with Crippen LogP contribution in [0.2, 0.25) is 5.02 Å². The van der Waals surface area contributed by atoms with Crippen LogP contribution in [0, 0.1) is 10.5 Å². The lowest BCUT2D eigenvalue weighted by molar-refractivity contribution is -0.0264. The topological polar surface area (TPSA) is 21.3 Å². The third-order valence-corrected chi connectivity index (χ3v) is 4.22. The van der Waals surface area contributed by atoms with Crippen LogP contribution in [0.1, 0.15) is 18.1 Å². The third kappa shape index (κ3) is 3.56. The molecule has 1 aromatic rings. The van der Waals surface area contributed by atoms with Gasteiger partial charge < -0.3 is 10.1 Å². The number of halogens is 2. The molecule has 1 aliphatic rings. The predicted octanol–water partition coefficient (Wildman–Crippen LogP) is 3.17. The molecule has 0 radical (unpaired) electrons. The lowest BCUT2D eigenvalue weighted by atomic mass is 10.0. The van der Waals surface area contributed by atoms with Crippen molar-refractivity contribution < 1.29 is 4.74 Å². The number of aryl methyl sites for hydroxylation is 1. The molecule has 1 unspecified atom stereocenters. The molecule has 1 heterocycles. The quantitative estimate of drug-likeness (QED) is 0.813. The van der Waals surface area contributed by atoms with E-state index in [-0.39, 0.29) is 6.10 Å². The molecule has 0 aliphatic carbocycles. The summed E-state index contributed by atoms with van der Waals surface area (Å²) in [7, 11) is 0. The van der Waals surface area contributed by atoms with Gasteiger partial charge in [0.2, 0.25) is 0 Å². The van der Waals surface area contributed by atoms with Gasteiger partial charge in [0.15, 0.2) is 0 Å². The highest BCUT2D eigenvalue weighted by molar-refractivity contribution is 14.1. The highest BCUT2D eigenvalue weighted by Gasteiger charge is 2.20. The van der Waals surface area contributed by atoms with Gasteiger partial charge in [0, 0.05) is 28.1 Å². The van der Waals surface area contributed by atoms with E-state index in [0.29, 0.717) is 6.10 Å². The van der Waals surface area contributed by atoms with Crippen molar-refractivity contribution in [1.82, 2.24) is 5.32 Å². The molecule has 2 atom stereocenters. The summed E-state index contributed by atoms with van der Waals surface area (Å²) in [4.78, 5) is 0. The van der Waals surface area contributed by atoms with Crippen LogP contribution in [0.3, 0.4) is 0 Å². The van der Waals surface area contributed by atoms with Gasteiger partial charge in [-0.3, -0.25) is 0 Å². The number of benzene rings is 1. The molecule has 0 amide bonds. The summed E-state index contributed by atoms with van der Waals surface area (Å²) in [6.07, 6.45) is 1.53. The average molecular weight is 366 g/mol. The number of hydrogen-bond donors (Lipinski definition) is 1. The number of nitrogens with one attached hydrogen (secondary N) is 1. The number of ether oxygens (including phenoxy) is 1. The minimum absolute atomic E-state index is 0.271. The fourth-order valence-electron chi connectivity index (χ4n) is 2.21. The Hall–Kier alpha value is 0.160. The van der Waals surface area contributed by atoms with Crippen LogP contribution in [-0.2, 0) is 11.2 Å². The van der Waals surface area contributed by atoms with Gasteiger partial charge in [-0.25, -0.2) is 0 Å². The van der Waals surface area contributed by atoms with Gasteiger partial charge in [-0.15, -0.1) is 0 Å². The fourth-order valence-corrected chi connectivity index (χ4v) is 3.65. The van der Waals surface area contributed by atoms with Gasteiger partial charge in [0.05, 0.1) is 12.2 Å². The zero-order valence-electron chi connectivity index (χ0n) is 10.1. The van der Waals surface area contributed by atoms with Gasteiger partial charge >= 0.3 is 0 Å². The largest absolute Gasteiger partial charge is 0.372 e. The van der Waals surface area contributed by atoms with Crippen LogP contribution in [0.5, 0.6) is 0 Å². The van der Waals surface area contributed by atoms with Gasteiger partial charge in [0.1, 0.15) is 0 Å². The van der Waals surface area contributed by atoms with E-state index >= 15 is 0 Å². The Bertz CT molecular complexity index is 387. The highest BCUT2D eigenvalue weighted by atomic mass is 127. The van der Waals surface area contributed by atoms with Crippen LogP contribution in [0.25, 0.3) is 0 Å². The molecule has 94 valence electrons. The smallest absolute Gasteiger partial charge is 0.0744 e. The second-order valence-electron chi connectivity index (χ2n) is 4.61. The summed E-state index contributed by atoms with van der Waals surface area (Å²) in [6.45, 7) is 6.11. The summed E-state index contributed by atoms with van der Waals surface area (Å²) >= 11 is 8.39. The summed E-state index contributed by atoms with van der Waals surface area (Å²) < 4.78 is 7.16. The summed E-state index contributed by atoms with van der Waals surface area (Å²) in [6, 6.07) is 4.04. The van der Waals surface area contributed by atoms with Crippen molar-refractivity contribution in [3.63, 3.8) is 0 Å². The molecule has 1 fully saturated rings. The minimum Gasteiger partial charge on any atom is -0.372 e. The van der Waals surface area contributed by atoms with Crippen LogP contribution in [0.4, 0.5) is 0 Å². The second kappa shape index (κ2) is 5.87. The molecule has 2 rings (SSSR count). The predicted molar refractivity (Wildman–Crippen MR) is 79.8 cm³/mol. The van der Waals surface area contributed by atoms with Crippen molar-refractivity contribution in [1.29, 1.82) is 0 Å². The number of hydrogen-bond acceptors (Lipinski definition) is 2. The number of rotatable bonds is 2. The van der Waals surface area contributed by atoms with E-state index in [2.05, 4.69) is 41.8 Å². The van der Waals surface area contributed by atoms with E-state index < -0.39 is 0 Å². The Balaban J connectivity index is 2.12. The van der Waals surface area contributed by atoms with Crippen LogP contribution in [0.15, 0.2) is 12.1 Å². The van der Waals surface area contributed by atoms with Crippen LogP contribution < -0.4 is 5.32 Å². The van der Waals surface area contributed by atoms with Crippen molar-refractivity contribution in [3.8, 4) is 0 Å². The molecule has 0 bridgehead atoms. The van der Waals surface area contributed by atoms with Crippen molar-refractivity contribution in [2.24, 2.45) is 0 Å². The average Bonchev–Trinajstić information content (AvgIpc) is 2.23. The van der Waals surface area contributed by atoms with E-state index in [1.54, 1.807) is 0 Å². The molecule has 1 saturated heterocycles. The van der Waals surface area contributed by atoms with Crippen molar-refractivity contribution in [3.05, 3.63) is 31.9 Å². The molecule has 1 N–H and O–H groups in total. The van der Waals surface area contributed by atoms with Crippen molar-refractivity contribution in [2.75, 3.05) is 13.1 Å². The molecule has 17 heavy (non-hydrogen) atoms. The molecule has 0 saturated carbocycles. The molecule has 4 heteroatoms. The lowest BCUT2D eigenvalue weighted by Gasteiger charge is -2.29. The summed E-state index contributed by atoms with van der Waals surface area (Å²) in [5.41, 5.74) is 2.61. The monoisotopic (exact) mass is 365 g/mol. The first-order valence-electron chi connectivity index (χ1n) is 5.87. The second-order valence-corrected chi connectivity index (χ2v) is 6.21. The van der Waals surface area contributed by atoms with E-state index in [1.165, 1.54) is 14.7 Å². The molecule has 1 aliphatic heterocycles. The van der Waals surface area contributed by atoms with Gasteiger partial charge in [-0.05, 0) is 59.7 Å². The molecule has 1 aromatic carbocycles. The zero-order valence-corrected chi connectivity index (χ0v) is 13.0. The standard InChI is InChI=1S/C13H17ClINO/c1-8-3-10(14)4-13(15)12(8)5-11-7-16-6-9(2)17-11/h3-4,9,11,16H,5-7H2,1-2H3/t9-,11?/m0/s1. The fraction of sp³-hybridized carbons (Fsp3) is 0.538. The van der Waals surface area contributed by atoms with Crippen molar-refractivity contribution in [2.45, 2.75) is 32.5 Å². The lowest BCUT2D eigenvalue weighted by Crippen LogP contribution is -2.44. The maximum Gasteiger partial charge on any atom is 0.0744 e. The summed E-state index contributed by atoms with van der Waals surface area (Å²) in [5.74, 6) is 0. The van der Waals surface area contributed by atoms with E-state index in [0.717, 1.165) is 24.5 Å². The Labute approximate surface area is 121 Å². The zero-order chi connectivity index (χ0) is 12.4. The van der Waals surface area contributed by atoms with Crippen molar-refractivity contribution >= 4 is 34.2 Å². The Kier molecular flexibility index (Phi) is 4.69. The van der Waals surface area contributed by atoms with Gasteiger partial charge in [-0.2, -0.15) is 0 Å². The molecule has 0 aromatic heterocycles. The Morgan fingerprint density at radius 3 is 2.88 bits per heavy atom. The third-order valence-electron chi connectivity index (χ3n) is 3.04. The maximum atomic E-state index is 6.04. The molecule has 0 spiro atoms. The minimum atomic E-state index is 0.271.